The lowest BCUT2D eigenvalue weighted by Gasteiger charge is -2.32. The molecule has 1 saturated heterocycles. The Labute approximate surface area is 107 Å². The third-order valence-electron chi connectivity index (χ3n) is 4.07. The predicted molar refractivity (Wildman–Crippen MR) is 67.2 cm³/mol. The van der Waals surface area contributed by atoms with E-state index in [9.17, 15) is 9.59 Å². The molecule has 1 amide bonds. The second-order valence-electron chi connectivity index (χ2n) is 5.55. The van der Waals surface area contributed by atoms with Crippen molar-refractivity contribution < 1.29 is 14.7 Å². The summed E-state index contributed by atoms with van der Waals surface area (Å²) < 4.78 is 0. The molecule has 0 aromatic heterocycles. The molecular weight excluding hydrogens is 232 g/mol. The SMILES string of the molecule is O=C(O)CC1(NC(=O)C2CCCCN2)CCCC1. The molecule has 3 N–H and O–H groups in total. The summed E-state index contributed by atoms with van der Waals surface area (Å²) in [5.74, 6) is -0.841. The minimum Gasteiger partial charge on any atom is -0.481 e. The number of carbonyl (C=O) groups excluding carboxylic acids is 1. The fourth-order valence-corrected chi connectivity index (χ4v) is 3.11. The average molecular weight is 254 g/mol. The number of nitrogens with one attached hydrogen (secondary N) is 2. The Morgan fingerprint density at radius 1 is 1.22 bits per heavy atom. The van der Waals surface area contributed by atoms with E-state index in [0.29, 0.717) is 0 Å². The first-order valence-corrected chi connectivity index (χ1v) is 6.89. The van der Waals surface area contributed by atoms with E-state index in [0.717, 1.165) is 51.5 Å². The normalized spacial score (nSPS) is 26.8. The minimum atomic E-state index is -0.825. The molecule has 0 aromatic rings. The van der Waals surface area contributed by atoms with Crippen molar-refractivity contribution in [2.45, 2.75) is 62.9 Å². The zero-order valence-corrected chi connectivity index (χ0v) is 10.7. The molecule has 1 aliphatic carbocycles. The number of carboxylic acid groups (broad SMARTS) is 1. The van der Waals surface area contributed by atoms with Crippen LogP contribution in [0.2, 0.25) is 0 Å². The van der Waals surface area contributed by atoms with Gasteiger partial charge in [-0.25, -0.2) is 0 Å². The van der Waals surface area contributed by atoms with Gasteiger partial charge in [0.15, 0.2) is 0 Å². The lowest BCUT2D eigenvalue weighted by molar-refractivity contribution is -0.139. The summed E-state index contributed by atoms with van der Waals surface area (Å²) in [6, 6.07) is -0.134. The molecule has 1 aliphatic heterocycles. The van der Waals surface area contributed by atoms with Crippen molar-refractivity contribution in [2.24, 2.45) is 0 Å². The van der Waals surface area contributed by atoms with Crippen molar-refractivity contribution in [1.29, 1.82) is 0 Å². The molecule has 102 valence electrons. The summed E-state index contributed by atoms with van der Waals surface area (Å²) in [7, 11) is 0. The monoisotopic (exact) mass is 254 g/mol. The van der Waals surface area contributed by atoms with E-state index in [1.807, 2.05) is 0 Å². The van der Waals surface area contributed by atoms with Gasteiger partial charge in [-0.3, -0.25) is 9.59 Å². The lowest BCUT2D eigenvalue weighted by atomic mass is 9.92. The topological polar surface area (TPSA) is 78.4 Å². The number of hydrogen-bond donors (Lipinski definition) is 3. The van der Waals surface area contributed by atoms with Crippen LogP contribution in [0.4, 0.5) is 0 Å². The second kappa shape index (κ2) is 5.69. The largest absolute Gasteiger partial charge is 0.481 e. The Balaban J connectivity index is 1.95. The summed E-state index contributed by atoms with van der Waals surface area (Å²) in [6.07, 6.45) is 6.67. The van der Waals surface area contributed by atoms with Gasteiger partial charge in [-0.05, 0) is 32.2 Å². The van der Waals surface area contributed by atoms with Crippen LogP contribution in [0.3, 0.4) is 0 Å². The maximum Gasteiger partial charge on any atom is 0.305 e. The zero-order chi connectivity index (χ0) is 13.0. The summed E-state index contributed by atoms with van der Waals surface area (Å²) in [4.78, 5) is 23.1. The van der Waals surface area contributed by atoms with Crippen LogP contribution in [0.15, 0.2) is 0 Å². The molecule has 1 unspecified atom stereocenters. The Bertz CT molecular complexity index is 318. The maximum atomic E-state index is 12.2. The molecule has 1 atom stereocenters. The molecular formula is C13H22N2O3. The molecule has 1 saturated carbocycles. The predicted octanol–water partition coefficient (Wildman–Crippen LogP) is 1.03. The van der Waals surface area contributed by atoms with Crippen LogP contribution in [0, 0.1) is 0 Å². The van der Waals surface area contributed by atoms with E-state index in [2.05, 4.69) is 10.6 Å². The van der Waals surface area contributed by atoms with E-state index in [-0.39, 0.29) is 18.4 Å². The highest BCUT2D eigenvalue weighted by Crippen LogP contribution is 2.32. The number of amides is 1. The van der Waals surface area contributed by atoms with E-state index in [4.69, 9.17) is 5.11 Å². The Morgan fingerprint density at radius 3 is 2.50 bits per heavy atom. The lowest BCUT2D eigenvalue weighted by Crippen LogP contribution is -2.55. The van der Waals surface area contributed by atoms with Crippen LogP contribution in [0.5, 0.6) is 0 Å². The minimum absolute atomic E-state index is 0.0159. The van der Waals surface area contributed by atoms with Gasteiger partial charge < -0.3 is 15.7 Å². The van der Waals surface area contributed by atoms with Crippen LogP contribution in [-0.2, 0) is 9.59 Å². The number of aliphatic carboxylic acids is 1. The van der Waals surface area contributed by atoms with Gasteiger partial charge in [0.1, 0.15) is 0 Å². The molecule has 0 spiro atoms. The van der Waals surface area contributed by atoms with Gasteiger partial charge in [0.05, 0.1) is 18.0 Å². The number of carbonyl (C=O) groups is 2. The quantitative estimate of drug-likeness (QED) is 0.700. The molecule has 0 bridgehead atoms. The molecule has 2 fully saturated rings. The number of piperidine rings is 1. The molecule has 5 heteroatoms. The first-order chi connectivity index (χ1) is 8.61. The van der Waals surface area contributed by atoms with Crippen LogP contribution in [-0.4, -0.2) is 35.1 Å². The van der Waals surface area contributed by atoms with Crippen LogP contribution in [0.25, 0.3) is 0 Å². The van der Waals surface area contributed by atoms with Gasteiger partial charge in [0, 0.05) is 0 Å². The maximum absolute atomic E-state index is 12.2. The van der Waals surface area contributed by atoms with Gasteiger partial charge in [-0.2, -0.15) is 0 Å². The highest BCUT2D eigenvalue weighted by molar-refractivity contribution is 5.83. The van der Waals surface area contributed by atoms with Gasteiger partial charge in [-0.1, -0.05) is 19.3 Å². The fraction of sp³-hybridized carbons (Fsp3) is 0.846. The standard InChI is InChI=1S/C13H22N2O3/c16-11(17)9-13(6-2-3-7-13)15-12(18)10-5-1-4-8-14-10/h10,14H,1-9H2,(H,15,18)(H,16,17). The fourth-order valence-electron chi connectivity index (χ4n) is 3.11. The van der Waals surface area contributed by atoms with Crippen molar-refractivity contribution in [1.82, 2.24) is 10.6 Å². The summed E-state index contributed by atoms with van der Waals surface area (Å²) in [6.45, 7) is 0.879. The highest BCUT2D eigenvalue weighted by atomic mass is 16.4. The summed E-state index contributed by atoms with van der Waals surface area (Å²) >= 11 is 0. The van der Waals surface area contributed by atoms with Crippen molar-refractivity contribution in [3.05, 3.63) is 0 Å². The van der Waals surface area contributed by atoms with Crippen molar-refractivity contribution in [3.63, 3.8) is 0 Å². The zero-order valence-electron chi connectivity index (χ0n) is 10.7. The van der Waals surface area contributed by atoms with Crippen molar-refractivity contribution in [3.8, 4) is 0 Å². The van der Waals surface area contributed by atoms with Gasteiger partial charge in [0.2, 0.25) is 5.91 Å². The number of carboxylic acids is 1. The van der Waals surface area contributed by atoms with Gasteiger partial charge >= 0.3 is 5.97 Å². The number of rotatable bonds is 4. The number of hydrogen-bond acceptors (Lipinski definition) is 3. The van der Waals surface area contributed by atoms with Crippen LogP contribution < -0.4 is 10.6 Å². The third-order valence-corrected chi connectivity index (χ3v) is 4.07. The Morgan fingerprint density at radius 2 is 1.94 bits per heavy atom. The molecule has 2 rings (SSSR count). The molecule has 5 nitrogen and oxygen atoms in total. The first kappa shape index (κ1) is 13.3. The van der Waals surface area contributed by atoms with Crippen LogP contribution >= 0.6 is 0 Å². The van der Waals surface area contributed by atoms with E-state index in [1.165, 1.54) is 0 Å². The molecule has 1 heterocycles. The van der Waals surface area contributed by atoms with Gasteiger partial charge in [0.25, 0.3) is 0 Å². The van der Waals surface area contributed by atoms with E-state index < -0.39 is 11.5 Å². The summed E-state index contributed by atoms with van der Waals surface area (Å²) in [5.41, 5.74) is -0.498. The Kier molecular flexibility index (Phi) is 4.22. The molecule has 2 aliphatic rings. The molecule has 0 aromatic carbocycles. The smallest absolute Gasteiger partial charge is 0.305 e. The highest BCUT2D eigenvalue weighted by Gasteiger charge is 2.38. The van der Waals surface area contributed by atoms with E-state index >= 15 is 0 Å². The average Bonchev–Trinajstić information content (AvgIpc) is 2.77. The Hall–Kier alpha value is -1.10. The van der Waals surface area contributed by atoms with Crippen LogP contribution in [0.1, 0.15) is 51.4 Å². The van der Waals surface area contributed by atoms with Crippen molar-refractivity contribution >= 4 is 11.9 Å². The molecule has 0 radical (unpaired) electrons. The summed E-state index contributed by atoms with van der Waals surface area (Å²) in [5, 5.41) is 15.2. The first-order valence-electron chi connectivity index (χ1n) is 6.89. The van der Waals surface area contributed by atoms with Gasteiger partial charge in [-0.15, -0.1) is 0 Å². The van der Waals surface area contributed by atoms with Crippen molar-refractivity contribution in [2.75, 3.05) is 6.54 Å². The van der Waals surface area contributed by atoms with E-state index in [1.54, 1.807) is 0 Å². The second-order valence-corrected chi connectivity index (χ2v) is 5.55. The third kappa shape index (κ3) is 3.22. The molecule has 18 heavy (non-hydrogen) atoms.